The van der Waals surface area contributed by atoms with Crippen molar-refractivity contribution >= 4 is 23.5 Å². The van der Waals surface area contributed by atoms with Crippen LogP contribution in [0.5, 0.6) is 0 Å². The summed E-state index contributed by atoms with van der Waals surface area (Å²) in [5, 5.41) is 27.6. The van der Waals surface area contributed by atoms with E-state index >= 15 is 0 Å². The molecule has 0 aliphatic rings. The SMILES string of the molecule is N#CSC(O)SC#N. The second-order valence-electron chi connectivity index (χ2n) is 0.725. The zero-order chi connectivity index (χ0) is 6.41. The van der Waals surface area contributed by atoms with Gasteiger partial charge in [-0.05, 0) is 23.5 Å². The molecule has 0 rings (SSSR count). The molecule has 0 bridgehead atoms. The van der Waals surface area contributed by atoms with Crippen LogP contribution in [0, 0.1) is 21.3 Å². The van der Waals surface area contributed by atoms with Gasteiger partial charge in [0.15, 0.2) is 4.77 Å². The molecule has 0 radical (unpaired) electrons. The van der Waals surface area contributed by atoms with Gasteiger partial charge in [-0.2, -0.15) is 10.5 Å². The summed E-state index contributed by atoms with van der Waals surface area (Å²) < 4.78 is -0.926. The Morgan fingerprint density at radius 3 is 1.88 bits per heavy atom. The van der Waals surface area contributed by atoms with Gasteiger partial charge in [0.1, 0.15) is 10.8 Å². The molecule has 0 saturated carbocycles. The molecule has 0 unspecified atom stereocenters. The average molecular weight is 146 g/mol. The second kappa shape index (κ2) is 4.79. The normalized spacial score (nSPS) is 8.00. The highest BCUT2D eigenvalue weighted by atomic mass is 32.2. The molecule has 0 saturated heterocycles. The molecule has 0 aliphatic carbocycles. The highest BCUT2D eigenvalue weighted by molar-refractivity contribution is 8.20. The molecule has 0 amide bonds. The predicted octanol–water partition coefficient (Wildman–Crippen LogP) is 0.691. The minimum absolute atomic E-state index is 0.657. The minimum atomic E-state index is -0.926. The Kier molecular flexibility index (Phi) is 4.58. The number of thiocyanates is 2. The molecule has 1 N–H and O–H groups in total. The second-order valence-corrected chi connectivity index (χ2v) is 2.75. The molecule has 0 fully saturated rings. The van der Waals surface area contributed by atoms with Gasteiger partial charge in [0.05, 0.1) is 0 Å². The van der Waals surface area contributed by atoms with Crippen molar-refractivity contribution in [1.82, 2.24) is 0 Å². The molecule has 0 spiro atoms. The third-order valence-electron chi connectivity index (χ3n) is 0.307. The van der Waals surface area contributed by atoms with Gasteiger partial charge in [0, 0.05) is 0 Å². The third kappa shape index (κ3) is 3.82. The van der Waals surface area contributed by atoms with E-state index in [-0.39, 0.29) is 0 Å². The standard InChI is InChI=1S/C3H2N2OS2/c4-1-7-3(6)8-2-5/h3,6H. The lowest BCUT2D eigenvalue weighted by molar-refractivity contribution is 0.347. The lowest BCUT2D eigenvalue weighted by Crippen LogP contribution is -1.87. The van der Waals surface area contributed by atoms with Gasteiger partial charge >= 0.3 is 0 Å². The summed E-state index contributed by atoms with van der Waals surface area (Å²) in [7, 11) is 0. The van der Waals surface area contributed by atoms with Crippen LogP contribution >= 0.6 is 23.5 Å². The van der Waals surface area contributed by atoms with E-state index in [9.17, 15) is 0 Å². The number of nitrogens with zero attached hydrogens (tertiary/aromatic N) is 2. The van der Waals surface area contributed by atoms with Crippen LogP contribution in [0.4, 0.5) is 0 Å². The fraction of sp³-hybridized carbons (Fsp3) is 0.333. The summed E-state index contributed by atoms with van der Waals surface area (Å²) in [5.74, 6) is 0. The van der Waals surface area contributed by atoms with Crippen LogP contribution in [0.2, 0.25) is 0 Å². The number of aliphatic hydroxyl groups is 1. The Hall–Kier alpha value is -0.360. The van der Waals surface area contributed by atoms with Crippen molar-refractivity contribution in [2.24, 2.45) is 0 Å². The van der Waals surface area contributed by atoms with E-state index < -0.39 is 4.77 Å². The third-order valence-corrected chi connectivity index (χ3v) is 1.50. The maximum Gasteiger partial charge on any atom is 0.173 e. The molecule has 0 heterocycles. The summed E-state index contributed by atoms with van der Waals surface area (Å²) in [6.45, 7) is 0. The van der Waals surface area contributed by atoms with E-state index in [0.717, 1.165) is 0 Å². The highest BCUT2D eigenvalue weighted by Crippen LogP contribution is 2.17. The number of nitriles is 2. The minimum Gasteiger partial charge on any atom is -0.371 e. The van der Waals surface area contributed by atoms with Gasteiger partial charge in [0.2, 0.25) is 0 Å². The first-order chi connectivity index (χ1) is 3.81. The summed E-state index contributed by atoms with van der Waals surface area (Å²) in [6.07, 6.45) is 0. The Morgan fingerprint density at radius 2 is 1.62 bits per heavy atom. The van der Waals surface area contributed by atoms with Crippen molar-refractivity contribution in [1.29, 1.82) is 10.5 Å². The number of rotatable bonds is 2. The summed E-state index contributed by atoms with van der Waals surface area (Å²) in [4.78, 5) is 0. The lowest BCUT2D eigenvalue weighted by Gasteiger charge is -1.92. The van der Waals surface area contributed by atoms with Gasteiger partial charge in [-0.1, -0.05) is 0 Å². The van der Waals surface area contributed by atoms with E-state index in [1.54, 1.807) is 10.8 Å². The van der Waals surface area contributed by atoms with Gasteiger partial charge < -0.3 is 5.11 Å². The molecule has 8 heavy (non-hydrogen) atoms. The van der Waals surface area contributed by atoms with E-state index in [1.165, 1.54) is 0 Å². The van der Waals surface area contributed by atoms with Crippen molar-refractivity contribution in [3.63, 3.8) is 0 Å². The zero-order valence-corrected chi connectivity index (χ0v) is 5.37. The summed E-state index contributed by atoms with van der Waals surface area (Å²) >= 11 is 1.31. The zero-order valence-electron chi connectivity index (χ0n) is 3.74. The molecule has 0 aromatic heterocycles. The number of aliphatic hydroxyl groups excluding tert-OH is 1. The Morgan fingerprint density at radius 1 is 1.25 bits per heavy atom. The van der Waals surface area contributed by atoms with E-state index in [4.69, 9.17) is 15.6 Å². The quantitative estimate of drug-likeness (QED) is 0.458. The van der Waals surface area contributed by atoms with E-state index in [0.29, 0.717) is 23.5 Å². The van der Waals surface area contributed by atoms with Crippen molar-refractivity contribution in [3.8, 4) is 10.8 Å². The first-order valence-corrected chi connectivity index (χ1v) is 3.34. The largest absolute Gasteiger partial charge is 0.371 e. The van der Waals surface area contributed by atoms with Crippen LogP contribution in [-0.2, 0) is 0 Å². The number of hydrogen-bond acceptors (Lipinski definition) is 5. The molecule has 5 heteroatoms. The highest BCUT2D eigenvalue weighted by Gasteiger charge is 2.01. The Labute approximate surface area is 55.3 Å². The van der Waals surface area contributed by atoms with Gasteiger partial charge in [-0.25, -0.2) is 0 Å². The molecular weight excluding hydrogens is 144 g/mol. The molecule has 0 aromatic rings. The van der Waals surface area contributed by atoms with E-state index in [2.05, 4.69) is 0 Å². The maximum atomic E-state index is 8.53. The van der Waals surface area contributed by atoms with Crippen LogP contribution in [0.1, 0.15) is 0 Å². The van der Waals surface area contributed by atoms with Crippen molar-refractivity contribution in [2.45, 2.75) is 4.77 Å². The predicted molar refractivity (Wildman–Crippen MR) is 32.4 cm³/mol. The Balaban J connectivity index is 3.25. The van der Waals surface area contributed by atoms with Crippen LogP contribution in [0.25, 0.3) is 0 Å². The average Bonchev–Trinajstić information content (AvgIpc) is 1.68. The first kappa shape index (κ1) is 7.64. The number of thioether (sulfide) groups is 2. The van der Waals surface area contributed by atoms with Crippen LogP contribution in [0.15, 0.2) is 0 Å². The Bertz CT molecular complexity index is 119. The van der Waals surface area contributed by atoms with Crippen molar-refractivity contribution in [3.05, 3.63) is 0 Å². The van der Waals surface area contributed by atoms with Gasteiger partial charge in [0.25, 0.3) is 0 Å². The number of hydrogen-bond donors (Lipinski definition) is 1. The maximum absolute atomic E-state index is 8.53. The fourth-order valence-corrected chi connectivity index (χ4v) is 0.745. The van der Waals surface area contributed by atoms with Crippen LogP contribution < -0.4 is 0 Å². The molecular formula is C3H2N2OS2. The van der Waals surface area contributed by atoms with Crippen molar-refractivity contribution in [2.75, 3.05) is 0 Å². The van der Waals surface area contributed by atoms with Crippen LogP contribution in [-0.4, -0.2) is 9.87 Å². The smallest absolute Gasteiger partial charge is 0.173 e. The summed E-state index contributed by atoms with van der Waals surface area (Å²) in [5.41, 5.74) is 0. The topological polar surface area (TPSA) is 67.8 Å². The molecule has 0 aliphatic heterocycles. The fourth-order valence-electron chi connectivity index (χ4n) is 0.114. The lowest BCUT2D eigenvalue weighted by atomic mass is 11.7. The van der Waals surface area contributed by atoms with E-state index in [1.807, 2.05) is 0 Å². The monoisotopic (exact) mass is 146 g/mol. The molecule has 42 valence electrons. The molecule has 0 atom stereocenters. The van der Waals surface area contributed by atoms with Gasteiger partial charge in [-0.3, -0.25) is 0 Å². The first-order valence-electron chi connectivity index (χ1n) is 1.59. The van der Waals surface area contributed by atoms with Gasteiger partial charge in [-0.15, -0.1) is 0 Å². The summed E-state index contributed by atoms with van der Waals surface area (Å²) in [6, 6.07) is 0. The molecule has 0 aromatic carbocycles. The van der Waals surface area contributed by atoms with Crippen molar-refractivity contribution < 1.29 is 5.11 Å². The molecule has 3 nitrogen and oxygen atoms in total. The van der Waals surface area contributed by atoms with Crippen LogP contribution in [0.3, 0.4) is 0 Å².